The number of hydrogen-bond donors (Lipinski definition) is 2. The Bertz CT molecular complexity index is 1330. The number of methoxy groups -OCH3 is 1. The van der Waals surface area contributed by atoms with E-state index < -0.39 is 22.2 Å². The number of para-hydroxylation sites is 1. The molecule has 9 heteroatoms. The fraction of sp³-hybridized carbons (Fsp3) is 0.387. The second kappa shape index (κ2) is 14.4. The number of nitrogens with zero attached hydrogens (tertiary/aromatic N) is 1. The Morgan fingerprint density at radius 2 is 1.57 bits per heavy atom. The molecule has 3 rings (SSSR count). The molecule has 1 unspecified atom stereocenters. The van der Waals surface area contributed by atoms with Gasteiger partial charge in [0.2, 0.25) is 16.6 Å². The van der Waals surface area contributed by atoms with Gasteiger partial charge < -0.3 is 14.6 Å². The van der Waals surface area contributed by atoms with E-state index in [1.54, 1.807) is 19.2 Å². The van der Waals surface area contributed by atoms with Crippen molar-refractivity contribution in [3.8, 4) is 11.5 Å². The lowest BCUT2D eigenvalue weighted by Gasteiger charge is -2.32. The van der Waals surface area contributed by atoms with E-state index in [4.69, 9.17) is 9.47 Å². The zero-order chi connectivity index (χ0) is 29.3. The summed E-state index contributed by atoms with van der Waals surface area (Å²) in [4.78, 5) is 13.8. The van der Waals surface area contributed by atoms with Crippen molar-refractivity contribution in [1.82, 2.24) is 4.31 Å². The number of likely N-dealkylation sites (N-methyl/N-ethyl adjacent to an activating group) is 1. The van der Waals surface area contributed by atoms with E-state index in [1.807, 2.05) is 75.4 Å². The topological polar surface area (TPSA) is 97.6 Å². The quantitative estimate of drug-likeness (QED) is 0.310. The fourth-order valence-corrected chi connectivity index (χ4v) is 6.16. The lowest BCUT2D eigenvalue weighted by atomic mass is 9.99. The summed E-state index contributed by atoms with van der Waals surface area (Å²) in [5.74, 6) is 0.949. The van der Waals surface area contributed by atoms with Gasteiger partial charge in [0.25, 0.3) is 0 Å². The standard InChI is InChI=1S/C31H40N2O6S/c1-23(2)20-33(40(36,37)27-17-15-26(38-5)16-18-27)21-29(34)28(19-25-12-7-6-8-13-25)32(4)31(35)22-39-30-14-10-9-11-24(30)3/h6-18,23,28-29,34H,19-22H2,1-5H3/p+1/t28-,29+/m0/s1. The molecule has 0 saturated carbocycles. The summed E-state index contributed by atoms with van der Waals surface area (Å²) in [7, 11) is -0.703. The molecule has 3 atom stereocenters. The van der Waals surface area contributed by atoms with Gasteiger partial charge in [-0.2, -0.15) is 4.31 Å². The summed E-state index contributed by atoms with van der Waals surface area (Å²) >= 11 is 0. The molecule has 0 aliphatic carbocycles. The van der Waals surface area contributed by atoms with E-state index >= 15 is 0 Å². The minimum atomic E-state index is -3.92. The van der Waals surface area contributed by atoms with Gasteiger partial charge in [-0.05, 0) is 54.3 Å². The molecule has 216 valence electrons. The van der Waals surface area contributed by atoms with Crippen molar-refractivity contribution in [2.45, 2.75) is 44.2 Å². The minimum absolute atomic E-state index is 0.0158. The van der Waals surface area contributed by atoms with Crippen molar-refractivity contribution >= 4 is 15.9 Å². The van der Waals surface area contributed by atoms with E-state index in [9.17, 15) is 18.3 Å². The number of benzene rings is 3. The Morgan fingerprint density at radius 3 is 2.17 bits per heavy atom. The summed E-state index contributed by atoms with van der Waals surface area (Å²) in [5.41, 5.74) is 1.86. The van der Waals surface area contributed by atoms with E-state index in [-0.39, 0.29) is 36.4 Å². The molecular weight excluding hydrogens is 528 g/mol. The summed E-state index contributed by atoms with van der Waals surface area (Å²) in [6, 6.07) is 22.6. The average Bonchev–Trinajstić information content (AvgIpc) is 2.94. The smallest absolute Gasteiger partial charge is 0.349 e. The first kappa shape index (κ1) is 31.3. The third kappa shape index (κ3) is 8.38. The van der Waals surface area contributed by atoms with E-state index in [1.165, 1.54) is 23.5 Å². The molecule has 0 aromatic heterocycles. The zero-order valence-electron chi connectivity index (χ0n) is 23.9. The highest BCUT2D eigenvalue weighted by atomic mass is 32.2. The van der Waals surface area contributed by atoms with Crippen LogP contribution in [0.25, 0.3) is 0 Å². The molecule has 0 heterocycles. The fourth-order valence-electron chi connectivity index (χ4n) is 4.54. The Morgan fingerprint density at radius 1 is 0.950 bits per heavy atom. The minimum Gasteiger partial charge on any atom is -0.497 e. The predicted molar refractivity (Wildman–Crippen MR) is 155 cm³/mol. The van der Waals surface area contributed by atoms with Crippen molar-refractivity contribution in [2.75, 3.05) is 33.9 Å². The summed E-state index contributed by atoms with van der Waals surface area (Å²) in [6.07, 6.45) is -0.753. The molecule has 0 aliphatic heterocycles. The molecule has 0 radical (unpaired) electrons. The number of carbonyl (C=O) groups is 1. The highest BCUT2D eigenvalue weighted by molar-refractivity contribution is 7.89. The van der Waals surface area contributed by atoms with Crippen LogP contribution in [0.3, 0.4) is 0 Å². The van der Waals surface area contributed by atoms with E-state index in [0.717, 1.165) is 11.1 Å². The van der Waals surface area contributed by atoms with Crippen LogP contribution in [0.5, 0.6) is 11.5 Å². The summed E-state index contributed by atoms with van der Waals surface area (Å²) in [5, 5.41) is 11.6. The van der Waals surface area contributed by atoms with Crippen LogP contribution in [0.1, 0.15) is 25.0 Å². The zero-order valence-corrected chi connectivity index (χ0v) is 24.7. The number of aliphatic hydroxyl groups is 1. The lowest BCUT2D eigenvalue weighted by Crippen LogP contribution is -3.18. The van der Waals surface area contributed by atoms with Crippen molar-refractivity contribution in [1.29, 1.82) is 0 Å². The Labute approximate surface area is 238 Å². The molecule has 0 spiro atoms. The Kier molecular flexibility index (Phi) is 11.3. The molecule has 40 heavy (non-hydrogen) atoms. The second-order valence-corrected chi connectivity index (χ2v) is 12.4. The average molecular weight is 570 g/mol. The number of nitrogens with one attached hydrogen (secondary N) is 1. The van der Waals surface area contributed by atoms with Gasteiger partial charge in [-0.1, -0.05) is 62.4 Å². The number of carbonyl (C=O) groups excluding carboxylic acids is 1. The Hall–Kier alpha value is -3.24. The second-order valence-electron chi connectivity index (χ2n) is 10.4. The van der Waals surface area contributed by atoms with Gasteiger partial charge >= 0.3 is 5.91 Å². The summed E-state index contributed by atoms with van der Waals surface area (Å²) < 4.78 is 39.6. The van der Waals surface area contributed by atoms with Gasteiger partial charge in [0.1, 0.15) is 23.6 Å². The van der Waals surface area contributed by atoms with Gasteiger partial charge in [0.05, 0.1) is 19.1 Å². The van der Waals surface area contributed by atoms with Crippen LogP contribution >= 0.6 is 0 Å². The van der Waals surface area contributed by atoms with Crippen LogP contribution in [0, 0.1) is 12.8 Å². The van der Waals surface area contributed by atoms with E-state index in [0.29, 0.717) is 22.8 Å². The molecule has 0 bridgehead atoms. The van der Waals surface area contributed by atoms with Gasteiger partial charge in [-0.3, -0.25) is 4.90 Å². The number of aliphatic hydroxyl groups excluding tert-OH is 1. The molecular formula is C31H41N2O6S+. The number of sulfonamides is 1. The maximum atomic E-state index is 13.7. The first-order valence-corrected chi connectivity index (χ1v) is 14.9. The van der Waals surface area contributed by atoms with Crippen LogP contribution < -0.4 is 14.4 Å². The number of quaternary nitrogens is 1. The van der Waals surface area contributed by atoms with Crippen molar-refractivity contribution in [2.24, 2.45) is 5.92 Å². The van der Waals surface area contributed by atoms with Crippen LogP contribution in [-0.2, 0) is 21.2 Å². The van der Waals surface area contributed by atoms with Gasteiger partial charge in [0.15, 0.2) is 0 Å². The number of amides is 1. The molecule has 0 fully saturated rings. The number of aryl methyl sites for hydroxylation is 1. The van der Waals surface area contributed by atoms with Crippen LogP contribution in [0.4, 0.5) is 0 Å². The van der Waals surface area contributed by atoms with Crippen molar-refractivity contribution in [3.05, 3.63) is 90.0 Å². The molecule has 0 aliphatic rings. The van der Waals surface area contributed by atoms with E-state index in [2.05, 4.69) is 0 Å². The molecule has 3 aromatic carbocycles. The first-order chi connectivity index (χ1) is 19.0. The number of hydrogen-bond acceptors (Lipinski definition) is 6. The highest BCUT2D eigenvalue weighted by Gasteiger charge is 2.36. The maximum absolute atomic E-state index is 13.7. The molecule has 1 amide bonds. The number of rotatable bonds is 14. The monoisotopic (exact) mass is 569 g/mol. The molecule has 8 nitrogen and oxygen atoms in total. The van der Waals surface area contributed by atoms with Gasteiger partial charge in [-0.15, -0.1) is 0 Å². The third-order valence-corrected chi connectivity index (χ3v) is 8.71. The maximum Gasteiger partial charge on any atom is 0.349 e. The van der Waals surface area contributed by atoms with Crippen molar-refractivity contribution in [3.63, 3.8) is 0 Å². The molecule has 3 aromatic rings. The van der Waals surface area contributed by atoms with Crippen LogP contribution in [0.15, 0.2) is 83.8 Å². The van der Waals surface area contributed by atoms with Crippen molar-refractivity contribution < 1.29 is 32.7 Å². The van der Waals surface area contributed by atoms with Crippen LogP contribution in [-0.4, -0.2) is 69.7 Å². The highest BCUT2D eigenvalue weighted by Crippen LogP contribution is 2.21. The molecule has 2 N–H and O–H groups in total. The third-order valence-electron chi connectivity index (χ3n) is 6.87. The van der Waals surface area contributed by atoms with Gasteiger partial charge in [-0.25, -0.2) is 13.2 Å². The summed E-state index contributed by atoms with van der Waals surface area (Å²) in [6.45, 7) is 5.64. The van der Waals surface area contributed by atoms with Gasteiger partial charge in [0, 0.05) is 19.5 Å². The molecule has 0 saturated heterocycles. The normalized spacial score (nSPS) is 14.1. The largest absolute Gasteiger partial charge is 0.497 e. The lowest BCUT2D eigenvalue weighted by molar-refractivity contribution is -0.832. The first-order valence-electron chi connectivity index (χ1n) is 13.4. The van der Waals surface area contributed by atoms with Crippen LogP contribution in [0.2, 0.25) is 0 Å². The Balaban J connectivity index is 1.85. The number of ether oxygens (including phenoxy) is 2. The predicted octanol–water partition coefficient (Wildman–Crippen LogP) is 2.74. The SMILES string of the molecule is COc1ccc(S(=O)(=O)N(CC(C)C)C[C@@H](O)[C@H](Cc2ccccc2)[NH+](C)C(=O)COc2ccccc2C)cc1.